The van der Waals surface area contributed by atoms with Crippen LogP contribution in [0.5, 0.6) is 0 Å². The van der Waals surface area contributed by atoms with Crippen molar-refractivity contribution >= 4 is 0 Å². The van der Waals surface area contributed by atoms with E-state index >= 15 is 0 Å². The Labute approximate surface area is 102 Å². The molecule has 0 aliphatic rings. The van der Waals surface area contributed by atoms with Gasteiger partial charge in [-0.15, -0.1) is 0 Å². The van der Waals surface area contributed by atoms with E-state index in [-0.39, 0.29) is 6.61 Å². The number of benzene rings is 1. The van der Waals surface area contributed by atoms with Crippen molar-refractivity contribution in [3.05, 3.63) is 47.3 Å². The molecule has 0 bridgehead atoms. The van der Waals surface area contributed by atoms with Crippen LogP contribution in [-0.2, 0) is 6.42 Å². The summed E-state index contributed by atoms with van der Waals surface area (Å²) < 4.78 is 1.90. The highest BCUT2D eigenvalue weighted by Gasteiger charge is 2.02. The van der Waals surface area contributed by atoms with E-state index in [2.05, 4.69) is 37.1 Å². The Morgan fingerprint density at radius 2 is 1.88 bits per heavy atom. The summed E-state index contributed by atoms with van der Waals surface area (Å²) >= 11 is 0. The summed E-state index contributed by atoms with van der Waals surface area (Å²) in [4.78, 5) is 0. The fourth-order valence-electron chi connectivity index (χ4n) is 2.00. The van der Waals surface area contributed by atoms with Gasteiger partial charge in [-0.2, -0.15) is 5.10 Å². The van der Waals surface area contributed by atoms with Gasteiger partial charge in [0.05, 0.1) is 11.9 Å². The van der Waals surface area contributed by atoms with Gasteiger partial charge in [0, 0.05) is 12.8 Å². The molecule has 0 aliphatic heterocycles. The fraction of sp³-hybridized carbons (Fsp3) is 0.357. The fourth-order valence-corrected chi connectivity index (χ4v) is 2.00. The molecular formula is C14H18N2O. The van der Waals surface area contributed by atoms with E-state index < -0.39 is 0 Å². The summed E-state index contributed by atoms with van der Waals surface area (Å²) in [6.45, 7) is 4.41. The summed E-state index contributed by atoms with van der Waals surface area (Å²) in [5.74, 6) is 0. The Morgan fingerprint density at radius 3 is 2.53 bits per heavy atom. The van der Waals surface area contributed by atoms with Gasteiger partial charge in [0.15, 0.2) is 0 Å². The van der Waals surface area contributed by atoms with Crippen molar-refractivity contribution < 1.29 is 5.11 Å². The third-order valence-corrected chi connectivity index (χ3v) is 2.73. The zero-order valence-electron chi connectivity index (χ0n) is 10.3. The summed E-state index contributed by atoms with van der Waals surface area (Å²) in [6, 6.07) is 6.39. The predicted octanol–water partition coefficient (Wildman–Crippen LogP) is 2.41. The standard InChI is InChI=1S/C14H18N2O/c1-11-6-12(2)8-14(7-11)16-10-13(9-15-16)4-3-5-17/h6-10,17H,3-5H2,1-2H3. The maximum atomic E-state index is 8.80. The lowest BCUT2D eigenvalue weighted by atomic mass is 10.1. The van der Waals surface area contributed by atoms with E-state index in [1.54, 1.807) is 0 Å². The van der Waals surface area contributed by atoms with Crippen LogP contribution in [0.2, 0.25) is 0 Å². The predicted molar refractivity (Wildman–Crippen MR) is 68.4 cm³/mol. The van der Waals surface area contributed by atoms with Gasteiger partial charge in [-0.1, -0.05) is 6.07 Å². The van der Waals surface area contributed by atoms with Crippen molar-refractivity contribution in [2.75, 3.05) is 6.61 Å². The number of aryl methyl sites for hydroxylation is 3. The molecule has 0 saturated carbocycles. The molecule has 90 valence electrons. The lowest BCUT2D eigenvalue weighted by Crippen LogP contribution is -1.95. The highest BCUT2D eigenvalue weighted by atomic mass is 16.2. The first-order valence-corrected chi connectivity index (χ1v) is 5.92. The van der Waals surface area contributed by atoms with E-state index in [1.807, 2.05) is 17.1 Å². The molecule has 1 N–H and O–H groups in total. The van der Waals surface area contributed by atoms with E-state index in [0.717, 1.165) is 18.5 Å². The van der Waals surface area contributed by atoms with Crippen molar-refractivity contribution in [1.82, 2.24) is 9.78 Å². The molecule has 0 fully saturated rings. The van der Waals surface area contributed by atoms with Gasteiger partial charge in [-0.25, -0.2) is 4.68 Å². The lowest BCUT2D eigenvalue weighted by Gasteiger charge is -2.04. The van der Waals surface area contributed by atoms with Crippen LogP contribution in [0.3, 0.4) is 0 Å². The Bertz CT molecular complexity index is 482. The average Bonchev–Trinajstić information content (AvgIpc) is 2.73. The second kappa shape index (κ2) is 5.15. The van der Waals surface area contributed by atoms with E-state index in [0.29, 0.717) is 0 Å². The third-order valence-electron chi connectivity index (χ3n) is 2.73. The molecule has 3 nitrogen and oxygen atoms in total. The molecule has 17 heavy (non-hydrogen) atoms. The molecule has 2 rings (SSSR count). The van der Waals surface area contributed by atoms with Crippen molar-refractivity contribution in [3.8, 4) is 5.69 Å². The molecule has 0 radical (unpaired) electrons. The Hall–Kier alpha value is -1.61. The first kappa shape index (κ1) is 11.9. The normalized spacial score (nSPS) is 10.8. The number of aliphatic hydroxyl groups excluding tert-OH is 1. The molecule has 0 aliphatic carbocycles. The number of nitrogens with zero attached hydrogens (tertiary/aromatic N) is 2. The molecule has 0 saturated heterocycles. The minimum absolute atomic E-state index is 0.231. The maximum Gasteiger partial charge on any atom is 0.0650 e. The summed E-state index contributed by atoms with van der Waals surface area (Å²) in [5.41, 5.74) is 4.75. The van der Waals surface area contributed by atoms with Crippen LogP contribution in [0, 0.1) is 13.8 Å². The van der Waals surface area contributed by atoms with Crippen LogP contribution in [0.4, 0.5) is 0 Å². The number of aliphatic hydroxyl groups is 1. The molecule has 1 aromatic carbocycles. The van der Waals surface area contributed by atoms with Gasteiger partial charge in [0.2, 0.25) is 0 Å². The topological polar surface area (TPSA) is 38.0 Å². The number of hydrogen-bond acceptors (Lipinski definition) is 2. The van der Waals surface area contributed by atoms with Crippen LogP contribution >= 0.6 is 0 Å². The Kier molecular flexibility index (Phi) is 3.59. The van der Waals surface area contributed by atoms with Gasteiger partial charge >= 0.3 is 0 Å². The molecule has 0 spiro atoms. The van der Waals surface area contributed by atoms with Gasteiger partial charge in [-0.3, -0.25) is 0 Å². The second-order valence-corrected chi connectivity index (χ2v) is 4.47. The van der Waals surface area contributed by atoms with E-state index in [1.165, 1.54) is 16.7 Å². The van der Waals surface area contributed by atoms with Gasteiger partial charge in [0.1, 0.15) is 0 Å². The molecule has 0 atom stereocenters. The van der Waals surface area contributed by atoms with Gasteiger partial charge in [0.25, 0.3) is 0 Å². The smallest absolute Gasteiger partial charge is 0.0650 e. The first-order chi connectivity index (χ1) is 8.19. The van der Waals surface area contributed by atoms with Crippen LogP contribution in [0.15, 0.2) is 30.6 Å². The average molecular weight is 230 g/mol. The molecule has 0 unspecified atom stereocenters. The monoisotopic (exact) mass is 230 g/mol. The Morgan fingerprint density at radius 1 is 1.18 bits per heavy atom. The Balaban J connectivity index is 2.24. The molecule has 2 aromatic rings. The third kappa shape index (κ3) is 2.94. The lowest BCUT2D eigenvalue weighted by molar-refractivity contribution is 0.288. The summed E-state index contributed by atoms with van der Waals surface area (Å²) in [7, 11) is 0. The van der Waals surface area contributed by atoms with Crippen molar-refractivity contribution in [1.29, 1.82) is 0 Å². The highest BCUT2D eigenvalue weighted by molar-refractivity contribution is 5.39. The zero-order valence-corrected chi connectivity index (χ0v) is 10.3. The number of rotatable bonds is 4. The van der Waals surface area contributed by atoms with Crippen LogP contribution in [0.1, 0.15) is 23.1 Å². The van der Waals surface area contributed by atoms with Crippen molar-refractivity contribution in [2.24, 2.45) is 0 Å². The van der Waals surface area contributed by atoms with Crippen molar-refractivity contribution in [3.63, 3.8) is 0 Å². The van der Waals surface area contributed by atoms with E-state index in [4.69, 9.17) is 5.11 Å². The minimum Gasteiger partial charge on any atom is -0.396 e. The first-order valence-electron chi connectivity index (χ1n) is 5.92. The SMILES string of the molecule is Cc1cc(C)cc(-n2cc(CCCO)cn2)c1. The minimum atomic E-state index is 0.231. The zero-order chi connectivity index (χ0) is 12.3. The van der Waals surface area contributed by atoms with Crippen molar-refractivity contribution in [2.45, 2.75) is 26.7 Å². The molecule has 1 heterocycles. The maximum absolute atomic E-state index is 8.80. The summed E-state index contributed by atoms with van der Waals surface area (Å²) in [6.07, 6.45) is 5.57. The molecular weight excluding hydrogens is 212 g/mol. The van der Waals surface area contributed by atoms with Crippen LogP contribution in [-0.4, -0.2) is 21.5 Å². The van der Waals surface area contributed by atoms with Crippen LogP contribution in [0.25, 0.3) is 5.69 Å². The largest absolute Gasteiger partial charge is 0.396 e. The number of hydrogen-bond donors (Lipinski definition) is 1. The second-order valence-electron chi connectivity index (χ2n) is 4.47. The highest BCUT2D eigenvalue weighted by Crippen LogP contribution is 2.14. The molecule has 1 aromatic heterocycles. The van der Waals surface area contributed by atoms with Crippen LogP contribution < -0.4 is 0 Å². The molecule has 0 amide bonds. The quantitative estimate of drug-likeness (QED) is 0.876. The summed E-state index contributed by atoms with van der Waals surface area (Å²) in [5, 5.41) is 13.2. The van der Waals surface area contributed by atoms with Gasteiger partial charge in [-0.05, 0) is 55.5 Å². The molecule has 3 heteroatoms. The van der Waals surface area contributed by atoms with Gasteiger partial charge < -0.3 is 5.11 Å². The number of aromatic nitrogens is 2. The van der Waals surface area contributed by atoms with E-state index in [9.17, 15) is 0 Å².